The van der Waals surface area contributed by atoms with E-state index in [1.54, 1.807) is 0 Å². The molecule has 2 rings (SSSR count). The Morgan fingerprint density at radius 1 is 1.21 bits per heavy atom. The second-order valence-corrected chi connectivity index (χ2v) is 3.56. The van der Waals surface area contributed by atoms with Crippen molar-refractivity contribution in [1.29, 1.82) is 0 Å². The summed E-state index contributed by atoms with van der Waals surface area (Å²) in [5.41, 5.74) is 6.07. The molecule has 1 aromatic carbocycles. The van der Waals surface area contributed by atoms with Crippen LogP contribution in [0.1, 0.15) is 18.9 Å². The summed E-state index contributed by atoms with van der Waals surface area (Å²) in [6.07, 6.45) is 4.36. The van der Waals surface area contributed by atoms with Crippen molar-refractivity contribution in [3.05, 3.63) is 47.8 Å². The molecule has 0 amide bonds. The fraction of sp³-hybridized carbons (Fsp3) is 0.333. The molecule has 0 aromatic heterocycles. The van der Waals surface area contributed by atoms with Crippen molar-refractivity contribution in [3.63, 3.8) is 0 Å². The second kappa shape index (κ2) is 4.29. The van der Waals surface area contributed by atoms with Crippen molar-refractivity contribution in [2.45, 2.75) is 19.8 Å². The van der Waals surface area contributed by atoms with Crippen LogP contribution in [0.5, 0.6) is 0 Å². The van der Waals surface area contributed by atoms with Gasteiger partial charge in [0.15, 0.2) is 0 Å². The topological polar surface area (TPSA) is 15.0 Å². The van der Waals surface area contributed by atoms with Crippen LogP contribution >= 0.6 is 0 Å². The minimum Gasteiger partial charge on any atom is -0.285 e. The van der Waals surface area contributed by atoms with Gasteiger partial charge in [0.1, 0.15) is 0 Å². The lowest BCUT2D eigenvalue weighted by atomic mass is 10.1. The van der Waals surface area contributed by atoms with Crippen molar-refractivity contribution in [1.82, 2.24) is 10.4 Å². The quantitative estimate of drug-likeness (QED) is 0.762. The summed E-state index contributed by atoms with van der Waals surface area (Å²) in [5, 5.41) is 2.12. The zero-order chi connectivity index (χ0) is 9.80. The average molecular weight is 188 g/mol. The maximum absolute atomic E-state index is 3.32. The van der Waals surface area contributed by atoms with Gasteiger partial charge in [-0.1, -0.05) is 37.3 Å². The summed E-state index contributed by atoms with van der Waals surface area (Å²) in [6, 6.07) is 10.6. The summed E-state index contributed by atoms with van der Waals surface area (Å²) >= 11 is 0. The second-order valence-electron chi connectivity index (χ2n) is 3.56. The van der Waals surface area contributed by atoms with Crippen LogP contribution in [-0.4, -0.2) is 11.6 Å². The number of hydrogen-bond donors (Lipinski definition) is 1. The van der Waals surface area contributed by atoms with Crippen LogP contribution in [0.4, 0.5) is 0 Å². The third-order valence-electron chi connectivity index (χ3n) is 2.28. The van der Waals surface area contributed by atoms with Crippen molar-refractivity contribution in [2.75, 3.05) is 6.54 Å². The lowest BCUT2D eigenvalue weighted by Crippen LogP contribution is -2.23. The van der Waals surface area contributed by atoms with E-state index in [2.05, 4.69) is 53.9 Å². The largest absolute Gasteiger partial charge is 0.285 e. The molecule has 14 heavy (non-hydrogen) atoms. The molecule has 0 unspecified atom stereocenters. The Labute approximate surface area is 85.2 Å². The number of nitrogens with zero attached hydrogens (tertiary/aromatic N) is 1. The van der Waals surface area contributed by atoms with E-state index in [4.69, 9.17) is 0 Å². The summed E-state index contributed by atoms with van der Waals surface area (Å²) < 4.78 is 0. The number of benzene rings is 1. The minimum absolute atomic E-state index is 1.04. The standard InChI is InChI=1S/C12H16N2/c1-2-8-13-14-10-12(14)9-11-6-4-3-5-7-11/h3-7,10,13H,2,8-9H2,1H3. The van der Waals surface area contributed by atoms with Gasteiger partial charge in [-0.15, -0.1) is 0 Å². The Kier molecular flexibility index (Phi) is 2.84. The van der Waals surface area contributed by atoms with E-state index in [1.165, 1.54) is 17.7 Å². The third kappa shape index (κ3) is 2.36. The number of allylic oxidation sites excluding steroid dienone is 1. The number of rotatable bonds is 5. The van der Waals surface area contributed by atoms with E-state index < -0.39 is 0 Å². The first-order valence-corrected chi connectivity index (χ1v) is 5.17. The zero-order valence-electron chi connectivity index (χ0n) is 8.53. The Morgan fingerprint density at radius 2 is 2.00 bits per heavy atom. The molecular formula is C12H16N2. The SMILES string of the molecule is CCCNN1C=C1Cc1ccccc1. The molecule has 0 saturated heterocycles. The molecule has 0 atom stereocenters. The summed E-state index contributed by atoms with van der Waals surface area (Å²) in [5.74, 6) is 0. The van der Waals surface area contributed by atoms with E-state index in [0.29, 0.717) is 0 Å². The normalized spacial score (nSPS) is 14.1. The van der Waals surface area contributed by atoms with E-state index in [0.717, 1.165) is 13.0 Å². The number of hydrogen-bond acceptors (Lipinski definition) is 2. The highest BCUT2D eigenvalue weighted by atomic mass is 15.6. The molecule has 2 heteroatoms. The van der Waals surface area contributed by atoms with Gasteiger partial charge in [0.05, 0.1) is 5.70 Å². The average Bonchev–Trinajstić information content (AvgIpc) is 2.95. The van der Waals surface area contributed by atoms with Crippen molar-refractivity contribution < 1.29 is 0 Å². The molecule has 1 heterocycles. The summed E-state index contributed by atoms with van der Waals surface area (Å²) in [4.78, 5) is 0. The molecule has 1 N–H and O–H groups in total. The maximum Gasteiger partial charge on any atom is 0.0567 e. The monoisotopic (exact) mass is 188 g/mol. The van der Waals surface area contributed by atoms with E-state index in [-0.39, 0.29) is 0 Å². The highest BCUT2D eigenvalue weighted by Gasteiger charge is 2.19. The zero-order valence-corrected chi connectivity index (χ0v) is 8.53. The van der Waals surface area contributed by atoms with Gasteiger partial charge in [-0.05, 0) is 12.0 Å². The molecule has 0 fully saturated rings. The Hall–Kier alpha value is -1.28. The van der Waals surface area contributed by atoms with Crippen molar-refractivity contribution in [3.8, 4) is 0 Å². The first kappa shape index (κ1) is 9.28. The molecule has 1 aromatic rings. The fourth-order valence-corrected chi connectivity index (χ4v) is 1.44. The van der Waals surface area contributed by atoms with E-state index >= 15 is 0 Å². The van der Waals surface area contributed by atoms with Crippen LogP contribution in [0.2, 0.25) is 0 Å². The van der Waals surface area contributed by atoms with Crippen LogP contribution in [0.15, 0.2) is 42.2 Å². The van der Waals surface area contributed by atoms with Gasteiger partial charge >= 0.3 is 0 Å². The van der Waals surface area contributed by atoms with E-state index in [9.17, 15) is 0 Å². The van der Waals surface area contributed by atoms with Crippen LogP contribution in [-0.2, 0) is 6.42 Å². The van der Waals surface area contributed by atoms with Crippen LogP contribution in [0, 0.1) is 0 Å². The van der Waals surface area contributed by atoms with Gasteiger partial charge in [0.2, 0.25) is 0 Å². The molecular weight excluding hydrogens is 172 g/mol. The smallest absolute Gasteiger partial charge is 0.0567 e. The molecule has 0 saturated carbocycles. The van der Waals surface area contributed by atoms with E-state index in [1.807, 2.05) is 0 Å². The van der Waals surface area contributed by atoms with Gasteiger partial charge in [0.25, 0.3) is 0 Å². The molecule has 0 spiro atoms. The van der Waals surface area contributed by atoms with Crippen LogP contribution in [0.25, 0.3) is 0 Å². The number of nitrogens with one attached hydrogen (secondary N) is 1. The highest BCUT2D eigenvalue weighted by molar-refractivity contribution is 5.27. The van der Waals surface area contributed by atoms with Crippen molar-refractivity contribution >= 4 is 0 Å². The Bertz CT molecular complexity index is 316. The van der Waals surface area contributed by atoms with Gasteiger partial charge in [0, 0.05) is 19.2 Å². The molecule has 74 valence electrons. The Balaban J connectivity index is 1.76. The lowest BCUT2D eigenvalue weighted by Gasteiger charge is -2.06. The van der Waals surface area contributed by atoms with Gasteiger partial charge in [-0.2, -0.15) is 0 Å². The molecule has 2 nitrogen and oxygen atoms in total. The highest BCUT2D eigenvalue weighted by Crippen LogP contribution is 2.21. The molecule has 1 aliphatic heterocycles. The minimum atomic E-state index is 1.04. The van der Waals surface area contributed by atoms with Crippen LogP contribution in [0.3, 0.4) is 0 Å². The van der Waals surface area contributed by atoms with Gasteiger partial charge in [-0.25, -0.2) is 5.43 Å². The summed E-state index contributed by atoms with van der Waals surface area (Å²) in [7, 11) is 0. The first-order valence-electron chi connectivity index (χ1n) is 5.17. The van der Waals surface area contributed by atoms with Crippen LogP contribution < -0.4 is 5.43 Å². The predicted octanol–water partition coefficient (Wildman–Crippen LogP) is 2.30. The first-order chi connectivity index (χ1) is 6.90. The summed E-state index contributed by atoms with van der Waals surface area (Å²) in [6.45, 7) is 3.22. The molecule has 0 aliphatic carbocycles. The molecule has 0 radical (unpaired) electrons. The third-order valence-corrected chi connectivity index (χ3v) is 2.28. The Morgan fingerprint density at radius 3 is 2.71 bits per heavy atom. The molecule has 0 bridgehead atoms. The van der Waals surface area contributed by atoms with Gasteiger partial charge in [-0.3, -0.25) is 5.01 Å². The van der Waals surface area contributed by atoms with Gasteiger partial charge < -0.3 is 0 Å². The lowest BCUT2D eigenvalue weighted by molar-refractivity contribution is 0.414. The molecule has 1 aliphatic rings. The maximum atomic E-state index is 3.32. The van der Waals surface area contributed by atoms with Crippen molar-refractivity contribution in [2.24, 2.45) is 0 Å². The fourth-order valence-electron chi connectivity index (χ4n) is 1.44. The number of hydrazine groups is 1. The predicted molar refractivity (Wildman–Crippen MR) is 58.4 cm³/mol.